The van der Waals surface area contributed by atoms with Crippen molar-refractivity contribution < 1.29 is 8.91 Å². The first-order valence-corrected chi connectivity index (χ1v) is 7.61. The fourth-order valence-corrected chi connectivity index (χ4v) is 2.87. The van der Waals surface area contributed by atoms with Gasteiger partial charge in [-0.3, -0.25) is 0 Å². The van der Waals surface area contributed by atoms with Crippen LogP contribution in [-0.4, -0.2) is 5.16 Å². The highest BCUT2D eigenvalue weighted by Crippen LogP contribution is 2.39. The highest BCUT2D eigenvalue weighted by molar-refractivity contribution is 9.10. The third kappa shape index (κ3) is 2.73. The standard InChI is InChI=1S/C15H9Br2FN2O/c16-9-3-1-8(2-4-9)13-14(20-21-15(13)19)11-6-5-10(18)7-12(11)17/h1-7H,19H2. The maximum absolute atomic E-state index is 13.2. The number of nitrogens with zero attached hydrogens (tertiary/aromatic N) is 1. The monoisotopic (exact) mass is 410 g/mol. The van der Waals surface area contributed by atoms with Crippen LogP contribution in [0.1, 0.15) is 0 Å². The number of rotatable bonds is 2. The number of aromatic nitrogens is 1. The molecule has 3 nitrogen and oxygen atoms in total. The van der Waals surface area contributed by atoms with Gasteiger partial charge in [0.1, 0.15) is 11.5 Å². The number of nitrogens with two attached hydrogens (primary N) is 1. The van der Waals surface area contributed by atoms with Crippen molar-refractivity contribution in [3.63, 3.8) is 0 Å². The third-order valence-electron chi connectivity index (χ3n) is 3.04. The molecule has 3 rings (SSSR count). The van der Waals surface area contributed by atoms with Gasteiger partial charge in [0, 0.05) is 14.5 Å². The van der Waals surface area contributed by atoms with E-state index in [1.54, 1.807) is 6.07 Å². The van der Waals surface area contributed by atoms with Crippen molar-refractivity contribution in [3.05, 3.63) is 57.2 Å². The van der Waals surface area contributed by atoms with Crippen LogP contribution in [0.5, 0.6) is 0 Å². The number of hydrogen-bond donors (Lipinski definition) is 1. The molecule has 1 heterocycles. The van der Waals surface area contributed by atoms with E-state index in [1.807, 2.05) is 24.3 Å². The molecule has 0 aliphatic rings. The molecular weight excluding hydrogens is 403 g/mol. The first-order chi connectivity index (χ1) is 10.1. The molecule has 0 radical (unpaired) electrons. The molecule has 0 spiro atoms. The van der Waals surface area contributed by atoms with E-state index in [1.165, 1.54) is 12.1 Å². The summed E-state index contributed by atoms with van der Waals surface area (Å²) in [5.41, 5.74) is 8.75. The normalized spacial score (nSPS) is 10.8. The average molecular weight is 412 g/mol. The lowest BCUT2D eigenvalue weighted by molar-refractivity contribution is 0.439. The van der Waals surface area contributed by atoms with Crippen LogP contribution in [0.2, 0.25) is 0 Å². The fraction of sp³-hybridized carbons (Fsp3) is 0. The molecule has 0 aliphatic carbocycles. The molecule has 106 valence electrons. The molecule has 0 aliphatic heterocycles. The Morgan fingerprint density at radius 2 is 1.76 bits per heavy atom. The van der Waals surface area contributed by atoms with Crippen LogP contribution in [0.25, 0.3) is 22.4 Å². The van der Waals surface area contributed by atoms with Crippen LogP contribution in [0.3, 0.4) is 0 Å². The summed E-state index contributed by atoms with van der Waals surface area (Å²) in [6.07, 6.45) is 0. The van der Waals surface area contributed by atoms with Gasteiger partial charge in [0.05, 0.1) is 5.56 Å². The van der Waals surface area contributed by atoms with E-state index in [-0.39, 0.29) is 11.7 Å². The van der Waals surface area contributed by atoms with Gasteiger partial charge in [-0.15, -0.1) is 0 Å². The molecule has 0 saturated heterocycles. The summed E-state index contributed by atoms with van der Waals surface area (Å²) in [6, 6.07) is 12.0. The number of nitrogen functional groups attached to an aromatic ring is 1. The Morgan fingerprint density at radius 3 is 2.43 bits per heavy atom. The second-order valence-corrected chi connectivity index (χ2v) is 6.17. The molecular formula is C15H9Br2FN2O. The van der Waals surface area contributed by atoms with Crippen LogP contribution in [0.15, 0.2) is 55.9 Å². The summed E-state index contributed by atoms with van der Waals surface area (Å²) >= 11 is 6.73. The van der Waals surface area contributed by atoms with Crippen molar-refractivity contribution in [1.29, 1.82) is 0 Å². The predicted octanol–water partition coefficient (Wildman–Crippen LogP) is 5.25. The maximum atomic E-state index is 13.2. The zero-order valence-corrected chi connectivity index (χ0v) is 13.8. The topological polar surface area (TPSA) is 52.0 Å². The number of benzene rings is 2. The Hall–Kier alpha value is -1.66. The van der Waals surface area contributed by atoms with E-state index in [0.29, 0.717) is 15.7 Å². The van der Waals surface area contributed by atoms with E-state index in [9.17, 15) is 4.39 Å². The molecule has 0 amide bonds. The largest absolute Gasteiger partial charge is 0.367 e. The molecule has 21 heavy (non-hydrogen) atoms. The Morgan fingerprint density at radius 1 is 1.05 bits per heavy atom. The second kappa shape index (κ2) is 5.61. The van der Waals surface area contributed by atoms with Crippen LogP contribution in [0, 0.1) is 5.82 Å². The van der Waals surface area contributed by atoms with E-state index >= 15 is 0 Å². The first kappa shape index (κ1) is 14.3. The van der Waals surface area contributed by atoms with Crippen LogP contribution < -0.4 is 5.73 Å². The van der Waals surface area contributed by atoms with Crippen molar-refractivity contribution in [3.8, 4) is 22.4 Å². The molecule has 0 atom stereocenters. The van der Waals surface area contributed by atoms with Crippen molar-refractivity contribution in [2.75, 3.05) is 5.73 Å². The summed E-state index contributed by atoms with van der Waals surface area (Å²) in [4.78, 5) is 0. The highest BCUT2D eigenvalue weighted by Gasteiger charge is 2.19. The quantitative estimate of drug-likeness (QED) is 0.626. The Bertz CT molecular complexity index is 800. The molecule has 0 saturated carbocycles. The minimum absolute atomic E-state index is 0.226. The van der Waals surface area contributed by atoms with Crippen LogP contribution in [-0.2, 0) is 0 Å². The molecule has 6 heteroatoms. The number of anilines is 1. The third-order valence-corrected chi connectivity index (χ3v) is 4.22. The Kier molecular flexibility index (Phi) is 3.82. The van der Waals surface area contributed by atoms with Gasteiger partial charge in [-0.05, 0) is 51.8 Å². The fourth-order valence-electron chi connectivity index (χ4n) is 2.06. The van der Waals surface area contributed by atoms with Gasteiger partial charge in [0.2, 0.25) is 5.88 Å². The van der Waals surface area contributed by atoms with Gasteiger partial charge in [-0.2, -0.15) is 0 Å². The second-order valence-electron chi connectivity index (χ2n) is 4.40. The van der Waals surface area contributed by atoms with Crippen molar-refractivity contribution in [2.45, 2.75) is 0 Å². The van der Waals surface area contributed by atoms with Gasteiger partial charge in [0.15, 0.2) is 0 Å². The lowest BCUT2D eigenvalue weighted by Crippen LogP contribution is -1.89. The Labute approximate surface area is 137 Å². The van der Waals surface area contributed by atoms with Gasteiger partial charge >= 0.3 is 0 Å². The van der Waals surface area contributed by atoms with Gasteiger partial charge in [-0.1, -0.05) is 33.2 Å². The summed E-state index contributed by atoms with van der Waals surface area (Å²) in [5.74, 6) is -0.101. The highest BCUT2D eigenvalue weighted by atomic mass is 79.9. The van der Waals surface area contributed by atoms with Crippen LogP contribution in [0.4, 0.5) is 10.3 Å². The maximum Gasteiger partial charge on any atom is 0.230 e. The summed E-state index contributed by atoms with van der Waals surface area (Å²) in [6.45, 7) is 0. The zero-order valence-electron chi connectivity index (χ0n) is 10.6. The number of halogens is 3. The van der Waals surface area contributed by atoms with Crippen LogP contribution >= 0.6 is 31.9 Å². The number of hydrogen-bond acceptors (Lipinski definition) is 3. The van der Waals surface area contributed by atoms with E-state index in [2.05, 4.69) is 37.0 Å². The Balaban J connectivity index is 2.19. The smallest absolute Gasteiger partial charge is 0.230 e. The molecule has 0 fully saturated rings. The summed E-state index contributed by atoms with van der Waals surface area (Å²) < 4.78 is 19.9. The lowest BCUT2D eigenvalue weighted by atomic mass is 10.0. The van der Waals surface area contributed by atoms with E-state index < -0.39 is 0 Å². The first-order valence-electron chi connectivity index (χ1n) is 6.03. The summed E-state index contributed by atoms with van der Waals surface area (Å²) in [7, 11) is 0. The molecule has 1 aromatic heterocycles. The van der Waals surface area contributed by atoms with Gasteiger partial charge in [0.25, 0.3) is 0 Å². The molecule has 0 unspecified atom stereocenters. The van der Waals surface area contributed by atoms with Gasteiger partial charge < -0.3 is 10.3 Å². The van der Waals surface area contributed by atoms with Gasteiger partial charge in [-0.25, -0.2) is 4.39 Å². The summed E-state index contributed by atoms with van der Waals surface area (Å²) in [5, 5.41) is 4.01. The molecule has 2 N–H and O–H groups in total. The van der Waals surface area contributed by atoms with Crippen molar-refractivity contribution in [1.82, 2.24) is 5.16 Å². The van der Waals surface area contributed by atoms with Crippen molar-refractivity contribution >= 4 is 37.7 Å². The SMILES string of the molecule is Nc1onc(-c2ccc(F)cc2Br)c1-c1ccc(Br)cc1. The minimum atomic E-state index is -0.327. The average Bonchev–Trinajstić information content (AvgIpc) is 2.82. The predicted molar refractivity (Wildman–Crippen MR) is 87.1 cm³/mol. The van der Waals surface area contributed by atoms with E-state index in [0.717, 1.165) is 15.6 Å². The van der Waals surface area contributed by atoms with Crippen molar-refractivity contribution in [2.24, 2.45) is 0 Å². The molecule has 0 bridgehead atoms. The lowest BCUT2D eigenvalue weighted by Gasteiger charge is -2.05. The molecule has 2 aromatic carbocycles. The zero-order chi connectivity index (χ0) is 15.0. The van der Waals surface area contributed by atoms with E-state index in [4.69, 9.17) is 10.3 Å². The molecule has 3 aromatic rings. The minimum Gasteiger partial charge on any atom is -0.367 e.